The van der Waals surface area contributed by atoms with E-state index >= 15 is 0 Å². The summed E-state index contributed by atoms with van der Waals surface area (Å²) in [5, 5.41) is 14.1. The van der Waals surface area contributed by atoms with Crippen molar-refractivity contribution in [3.63, 3.8) is 0 Å². The lowest BCUT2D eigenvalue weighted by molar-refractivity contribution is -0.516. The molecule has 4 bridgehead atoms. The van der Waals surface area contributed by atoms with E-state index < -0.39 is 0 Å². The van der Waals surface area contributed by atoms with Crippen molar-refractivity contribution in [1.29, 1.82) is 0 Å². The van der Waals surface area contributed by atoms with E-state index in [0.717, 1.165) is 56.2 Å². The first-order valence-electron chi connectivity index (χ1n) is 13.3. The van der Waals surface area contributed by atoms with Gasteiger partial charge in [0.1, 0.15) is 24.9 Å². The topological polar surface area (TPSA) is 77.1 Å². The molecule has 7 nitrogen and oxygen atoms in total. The summed E-state index contributed by atoms with van der Waals surface area (Å²) in [4.78, 5) is 14.0. The first-order valence-corrected chi connectivity index (χ1v) is 13.7. The number of fused-ring (bicyclic) bond motifs is 4. The number of isothiocyanates is 1. The Balaban J connectivity index is 1.82. The van der Waals surface area contributed by atoms with Crippen LogP contribution >= 0.6 is 12.2 Å². The summed E-state index contributed by atoms with van der Waals surface area (Å²) in [7, 11) is 0. The lowest BCUT2D eigenvalue weighted by Gasteiger charge is -2.25. The molecule has 1 aliphatic heterocycles. The summed E-state index contributed by atoms with van der Waals surface area (Å²) in [6.45, 7) is 18.4. The number of benzene rings is 1. The highest BCUT2D eigenvalue weighted by atomic mass is 32.1. The van der Waals surface area contributed by atoms with Crippen LogP contribution < -0.4 is 19.2 Å². The molecule has 1 aliphatic rings. The fraction of sp³-hybridized carbons (Fsp3) is 0.281. The Morgan fingerprint density at radius 2 is 1.48 bits per heavy atom. The molecule has 4 rings (SSSR count). The third kappa shape index (κ3) is 6.84. The van der Waals surface area contributed by atoms with Gasteiger partial charge in [0.2, 0.25) is 11.4 Å². The average molecular weight is 550 g/mol. The second kappa shape index (κ2) is 13.2. The minimum atomic E-state index is -0.100. The molecule has 8 heteroatoms. The molecule has 204 valence electrons. The summed E-state index contributed by atoms with van der Waals surface area (Å²) < 4.78 is 3.82. The number of hydrogen-bond acceptors (Lipinski definition) is 4. The molecule has 0 saturated heterocycles. The Morgan fingerprint density at radius 3 is 2.10 bits per heavy atom. The summed E-state index contributed by atoms with van der Waals surface area (Å²) in [5.41, 5.74) is 7.39. The largest absolute Gasteiger partial charge is 0.681 e. The van der Waals surface area contributed by atoms with E-state index in [2.05, 4.69) is 35.7 Å². The highest BCUT2D eigenvalue weighted by Gasteiger charge is 2.13. The van der Waals surface area contributed by atoms with Crippen molar-refractivity contribution in [3.8, 4) is 0 Å². The van der Waals surface area contributed by atoms with E-state index in [4.69, 9.17) is 32.8 Å². The van der Waals surface area contributed by atoms with Crippen molar-refractivity contribution in [2.45, 2.75) is 40.2 Å². The van der Waals surface area contributed by atoms with Crippen LogP contribution in [0.25, 0.3) is 22.0 Å². The van der Waals surface area contributed by atoms with E-state index in [0.29, 0.717) is 26.1 Å². The fourth-order valence-electron chi connectivity index (χ4n) is 4.79. The van der Waals surface area contributed by atoms with Gasteiger partial charge in [0, 0.05) is 36.9 Å². The minimum Gasteiger partial charge on any atom is -0.681 e. The third-order valence-corrected chi connectivity index (χ3v) is 7.05. The van der Waals surface area contributed by atoms with Gasteiger partial charge in [0.05, 0.1) is 10.8 Å². The lowest BCUT2D eigenvalue weighted by Crippen LogP contribution is -2.42. The highest BCUT2D eigenvalue weighted by molar-refractivity contribution is 7.78. The molecule has 0 fully saturated rings. The maximum atomic E-state index is 5.17. The number of rotatable bonds is 3. The maximum absolute atomic E-state index is 5.17. The molecule has 0 aliphatic carbocycles. The predicted octanol–water partition coefficient (Wildman–Crippen LogP) is 4.22. The van der Waals surface area contributed by atoms with Gasteiger partial charge in [-0.1, -0.05) is 37.4 Å². The summed E-state index contributed by atoms with van der Waals surface area (Å²) in [5.74, 6) is 0. The number of hydrogen-bond donors (Lipinski definition) is 0. The monoisotopic (exact) mass is 549 g/mol. The summed E-state index contributed by atoms with van der Waals surface area (Å²) in [6.07, 6.45) is 0.712. The molecular formula is C32H35N7S. The quantitative estimate of drug-likeness (QED) is 0.274. The number of pyridine rings is 2. The highest BCUT2D eigenvalue weighted by Crippen LogP contribution is 2.17. The molecule has 2 aromatic heterocycles. The van der Waals surface area contributed by atoms with Crippen LogP contribution in [0.4, 0.5) is 5.69 Å². The SMILES string of the molecule is C=[n+]1c2cccc1=C(C)[N-]CC(Cc1ccc(N=C=S)cc1)N=C(C)c1cccc([n+]1=C)=C(C)[N-]CCN=C2C. The van der Waals surface area contributed by atoms with Crippen molar-refractivity contribution >= 4 is 45.9 Å². The van der Waals surface area contributed by atoms with Crippen LogP contribution in [0.5, 0.6) is 0 Å². The Bertz CT molecular complexity index is 1730. The van der Waals surface area contributed by atoms with E-state index in [9.17, 15) is 0 Å². The van der Waals surface area contributed by atoms with Crippen LogP contribution in [-0.2, 0) is 6.42 Å². The van der Waals surface area contributed by atoms with Gasteiger partial charge in [-0.05, 0) is 62.3 Å². The van der Waals surface area contributed by atoms with Crippen molar-refractivity contribution < 1.29 is 8.49 Å². The summed E-state index contributed by atoms with van der Waals surface area (Å²) in [6, 6.07) is 20.1. The third-order valence-electron chi connectivity index (χ3n) is 6.96. The van der Waals surface area contributed by atoms with E-state index in [1.54, 1.807) is 0 Å². The zero-order valence-corrected chi connectivity index (χ0v) is 24.4. The Morgan fingerprint density at radius 1 is 0.875 bits per heavy atom. The molecule has 0 N–H and O–H groups in total. The van der Waals surface area contributed by atoms with Crippen molar-refractivity contribution in [2.24, 2.45) is 15.0 Å². The number of aromatic nitrogens is 2. The second-order valence-corrected chi connectivity index (χ2v) is 9.93. The van der Waals surface area contributed by atoms with Crippen molar-refractivity contribution in [3.05, 3.63) is 112 Å². The summed E-state index contributed by atoms with van der Waals surface area (Å²) >= 11 is 4.74. The molecule has 40 heavy (non-hydrogen) atoms. The smallest absolute Gasteiger partial charge is 0.231 e. The molecule has 3 aromatic rings. The zero-order valence-electron chi connectivity index (χ0n) is 23.6. The maximum Gasteiger partial charge on any atom is 0.231 e. The van der Waals surface area contributed by atoms with Crippen LogP contribution in [0.1, 0.15) is 44.6 Å². The number of aliphatic imine (C=N–C) groups is 3. The van der Waals surface area contributed by atoms with Crippen LogP contribution in [0.3, 0.4) is 0 Å². The van der Waals surface area contributed by atoms with Gasteiger partial charge in [-0.3, -0.25) is 9.98 Å². The molecule has 3 heterocycles. The normalized spacial score (nSPS) is 16.4. The van der Waals surface area contributed by atoms with Crippen molar-refractivity contribution in [1.82, 2.24) is 0 Å². The van der Waals surface area contributed by atoms with Crippen molar-refractivity contribution in [2.75, 3.05) is 19.6 Å². The Hall–Kier alpha value is -4.26. The standard InChI is InChI=1S/C32H35N7S/c1-22-29-9-7-11-31(38(29)5)24(3)35-20-28(19-26-13-15-27(16-14-26)36-21-40)37-25(4)32-12-8-10-30(39(32)6)23(2)34-18-17-33-22/h7-16,28H,5-6,17-20H2,1-4H3. The van der Waals surface area contributed by atoms with E-state index in [-0.39, 0.29) is 6.04 Å². The molecule has 0 radical (unpaired) electrons. The molecule has 1 aromatic carbocycles. The van der Waals surface area contributed by atoms with E-state index in [1.165, 1.54) is 0 Å². The predicted molar refractivity (Wildman–Crippen MR) is 167 cm³/mol. The van der Waals surface area contributed by atoms with Gasteiger partial charge >= 0.3 is 0 Å². The molecule has 1 unspecified atom stereocenters. The van der Waals surface area contributed by atoms with Gasteiger partial charge in [0.15, 0.2) is 10.7 Å². The van der Waals surface area contributed by atoms with Gasteiger partial charge in [0.25, 0.3) is 0 Å². The minimum absolute atomic E-state index is 0.100. The Kier molecular flexibility index (Phi) is 9.48. The van der Waals surface area contributed by atoms with Gasteiger partial charge < -0.3 is 10.6 Å². The number of thiocarbonyl (C=S) groups is 1. The van der Waals surface area contributed by atoms with Gasteiger partial charge in [-0.25, -0.2) is 0 Å². The fourth-order valence-corrected chi connectivity index (χ4v) is 4.89. The van der Waals surface area contributed by atoms with Gasteiger partial charge in [-0.15, -0.1) is 13.1 Å². The van der Waals surface area contributed by atoms with Crippen LogP contribution in [0.15, 0.2) is 75.6 Å². The lowest BCUT2D eigenvalue weighted by atomic mass is 10.1. The second-order valence-electron chi connectivity index (χ2n) is 9.75. The first-order chi connectivity index (χ1) is 19.3. The average Bonchev–Trinajstić information content (AvgIpc) is 2.94. The number of nitrogens with zero attached hydrogens (tertiary/aromatic N) is 7. The molecular weight excluding hydrogens is 514 g/mol. The molecule has 0 spiro atoms. The van der Waals surface area contributed by atoms with Crippen LogP contribution in [-0.4, -0.2) is 42.3 Å². The first kappa shape index (κ1) is 28.7. The van der Waals surface area contributed by atoms with Gasteiger partial charge in [-0.2, -0.15) is 13.5 Å². The van der Waals surface area contributed by atoms with E-state index in [1.807, 2.05) is 84.7 Å². The molecule has 0 amide bonds. The molecule has 1 atom stereocenters. The zero-order chi connectivity index (χ0) is 28.6. The molecule has 0 saturated carbocycles. The van der Waals surface area contributed by atoms with Crippen LogP contribution in [0, 0.1) is 13.4 Å². The Labute approximate surface area is 241 Å². The van der Waals surface area contributed by atoms with Crippen LogP contribution in [0.2, 0.25) is 0 Å².